The van der Waals surface area contributed by atoms with Gasteiger partial charge in [0.15, 0.2) is 17.2 Å². The van der Waals surface area contributed by atoms with Gasteiger partial charge >= 0.3 is 5.97 Å². The number of cyclic esters (lactones) is 1. The van der Waals surface area contributed by atoms with Gasteiger partial charge in [0.2, 0.25) is 11.8 Å². The molecule has 0 radical (unpaired) electrons. The van der Waals surface area contributed by atoms with Crippen molar-refractivity contribution in [1.29, 1.82) is 0 Å². The lowest BCUT2D eigenvalue weighted by molar-refractivity contribution is -0.172. The number of ketones is 3. The van der Waals surface area contributed by atoms with Crippen LogP contribution in [0, 0.1) is 18.7 Å². The van der Waals surface area contributed by atoms with Crippen LogP contribution in [0.25, 0.3) is 22.3 Å². The van der Waals surface area contributed by atoms with Crippen molar-refractivity contribution >= 4 is 63.8 Å². The number of aliphatic hydroxyl groups is 1. The monoisotopic (exact) mass is 1080 g/mol. The van der Waals surface area contributed by atoms with E-state index < -0.39 is 58.1 Å². The number of halogens is 1. The van der Waals surface area contributed by atoms with E-state index in [-0.39, 0.29) is 125 Å². The van der Waals surface area contributed by atoms with Crippen molar-refractivity contribution in [1.82, 2.24) is 30.0 Å². The molecule has 3 atom stereocenters. The van der Waals surface area contributed by atoms with Crippen LogP contribution < -0.4 is 16.2 Å². The maximum Gasteiger partial charge on any atom is 0.343 e. The van der Waals surface area contributed by atoms with Gasteiger partial charge in [0.1, 0.15) is 23.8 Å². The van der Waals surface area contributed by atoms with Gasteiger partial charge in [-0.05, 0) is 93.5 Å². The van der Waals surface area contributed by atoms with Gasteiger partial charge in [-0.1, -0.05) is 43.7 Å². The molecule has 2 aromatic heterocycles. The molecule has 19 nitrogen and oxygen atoms in total. The Morgan fingerprint density at radius 2 is 1.66 bits per heavy atom. The summed E-state index contributed by atoms with van der Waals surface area (Å²) < 4.78 is 28.6. The molecule has 20 heteroatoms. The molecule has 79 heavy (non-hydrogen) atoms. The molecule has 2 aromatic carbocycles. The highest BCUT2D eigenvalue weighted by atomic mass is 19.1. The first-order valence-electron chi connectivity index (χ1n) is 27.2. The van der Waals surface area contributed by atoms with E-state index in [9.17, 15) is 53.1 Å². The second-order valence-electron chi connectivity index (χ2n) is 21.5. The number of nitrogens with zero attached hydrogens (tertiary/aromatic N) is 4. The standard InChI is InChI=1S/C59H65FN6O13/c1-5-59(77)43-27-47-52-41(31-66(47)55(74)42(43)32-78-57(59)76)51-46(17-16-40-34(3)44(60)28-45(63-52)50(40)51)64(4)56(75)58(20-21-58)79-23-19-38(68)29-62-53(72)36(25-35-12-8-6-9-13-35)26-39(69)30-61-48(70)18-15-37(67)14-10-7-11-22-65-49(71)24-33(2)54(65)73/h6,8-9,12-13,24,27-28,36,46,77H,5,7,10-11,14-23,25-26,29-32H2,1-4H3,(H,61,70)(H,62,72)/t36-,46+,59+/m1/s1. The minimum atomic E-state index is -2.05. The van der Waals surface area contributed by atoms with Gasteiger partial charge < -0.3 is 34.7 Å². The Morgan fingerprint density at radius 1 is 0.911 bits per heavy atom. The number of carbonyl (C=O) groups is 9. The number of aromatic nitrogens is 2. The molecule has 5 amide bonds. The lowest BCUT2D eigenvalue weighted by Crippen LogP contribution is -2.44. The zero-order valence-electron chi connectivity index (χ0n) is 44.9. The van der Waals surface area contributed by atoms with Gasteiger partial charge in [-0.15, -0.1) is 0 Å². The van der Waals surface area contributed by atoms with Crippen LogP contribution in [0.4, 0.5) is 4.39 Å². The molecule has 0 spiro atoms. The molecular weight excluding hydrogens is 1020 g/mol. The highest BCUT2D eigenvalue weighted by Crippen LogP contribution is 2.49. The van der Waals surface area contributed by atoms with Crippen LogP contribution in [0.3, 0.4) is 0 Å². The van der Waals surface area contributed by atoms with Crippen molar-refractivity contribution in [3.63, 3.8) is 0 Å². The van der Waals surface area contributed by atoms with E-state index >= 15 is 4.39 Å². The summed E-state index contributed by atoms with van der Waals surface area (Å²) in [5.74, 6) is -5.07. The maximum atomic E-state index is 15.6. The average Bonchev–Trinajstić information content (AvgIpc) is 3.21. The van der Waals surface area contributed by atoms with E-state index in [1.165, 1.54) is 21.6 Å². The molecule has 3 aliphatic heterocycles. The number of pyridine rings is 2. The highest BCUT2D eigenvalue weighted by Gasteiger charge is 2.54. The van der Waals surface area contributed by atoms with Gasteiger partial charge in [0.25, 0.3) is 23.3 Å². The third-order valence-corrected chi connectivity index (χ3v) is 16.3. The van der Waals surface area contributed by atoms with Crippen LogP contribution in [-0.4, -0.2) is 116 Å². The summed E-state index contributed by atoms with van der Waals surface area (Å²) in [6, 6.07) is 11.4. The van der Waals surface area contributed by atoms with E-state index in [1.807, 2.05) is 18.2 Å². The normalized spacial score (nSPS) is 18.8. The summed E-state index contributed by atoms with van der Waals surface area (Å²) in [5, 5.41) is 17.4. The van der Waals surface area contributed by atoms with Gasteiger partial charge in [-0.25, -0.2) is 14.2 Å². The van der Waals surface area contributed by atoms with Crippen molar-refractivity contribution in [3.8, 4) is 11.4 Å². The average molecular weight is 1090 g/mol. The minimum absolute atomic E-state index is 0.0191. The highest BCUT2D eigenvalue weighted by molar-refractivity contribution is 6.15. The number of imide groups is 1. The van der Waals surface area contributed by atoms with Crippen LogP contribution in [0.15, 0.2) is 58.9 Å². The number of unbranched alkanes of at least 4 members (excludes halogenated alkanes) is 2. The number of benzene rings is 2. The number of amides is 5. The van der Waals surface area contributed by atoms with Crippen LogP contribution >= 0.6 is 0 Å². The molecule has 9 rings (SSSR count). The summed E-state index contributed by atoms with van der Waals surface area (Å²) >= 11 is 0. The fourth-order valence-electron chi connectivity index (χ4n) is 11.5. The minimum Gasteiger partial charge on any atom is -0.458 e. The van der Waals surface area contributed by atoms with Gasteiger partial charge in [-0.2, -0.15) is 0 Å². The van der Waals surface area contributed by atoms with E-state index in [4.69, 9.17) is 14.5 Å². The number of Topliss-reactive ketones (excluding diaryl/α,β-unsaturated/α-hetero) is 3. The number of esters is 1. The first-order valence-corrected chi connectivity index (χ1v) is 27.2. The number of carbonyl (C=O) groups excluding carboxylic acids is 9. The number of hydrogen-bond donors (Lipinski definition) is 3. The Hall–Kier alpha value is -7.58. The second kappa shape index (κ2) is 23.0. The molecule has 0 bridgehead atoms. The number of aryl methyl sites for hydroxylation is 1. The van der Waals surface area contributed by atoms with Crippen LogP contribution in [0.5, 0.6) is 0 Å². The van der Waals surface area contributed by atoms with E-state index in [2.05, 4.69) is 10.6 Å². The van der Waals surface area contributed by atoms with Crippen molar-refractivity contribution in [3.05, 3.63) is 109 Å². The van der Waals surface area contributed by atoms with Crippen molar-refractivity contribution in [2.75, 3.05) is 33.3 Å². The summed E-state index contributed by atoms with van der Waals surface area (Å²) in [6.45, 7) is 4.13. The van der Waals surface area contributed by atoms with Gasteiger partial charge in [0.05, 0.1) is 54.8 Å². The van der Waals surface area contributed by atoms with Gasteiger partial charge in [0, 0.05) is 85.8 Å². The van der Waals surface area contributed by atoms with E-state index in [1.54, 1.807) is 50.9 Å². The smallest absolute Gasteiger partial charge is 0.343 e. The number of likely N-dealkylation sites (N-methyl/N-ethyl adjacent to an activating group) is 1. The Morgan fingerprint density at radius 3 is 2.37 bits per heavy atom. The SMILES string of the molecule is CC[C@@]1(O)C(=O)OCc2c1cc1n(c2=O)Cc2c-1nc1cc(F)c(C)c3c1c2[C@@H](N(C)C(=O)C1(OCCC(=O)CNC(=O)[C@@H](CC(=O)CNC(=O)CCC(=O)CCCCCN2C(=O)C=C(C)C2=O)Cc2ccccc2)CC1)CC3. The molecule has 5 heterocycles. The van der Waals surface area contributed by atoms with E-state index in [0.29, 0.717) is 83.9 Å². The quantitative estimate of drug-likeness (QED) is 0.0405. The zero-order valence-corrected chi connectivity index (χ0v) is 44.9. The predicted octanol–water partition coefficient (Wildman–Crippen LogP) is 4.76. The van der Waals surface area contributed by atoms with Crippen molar-refractivity contribution in [2.45, 2.75) is 141 Å². The van der Waals surface area contributed by atoms with Crippen LogP contribution in [0.2, 0.25) is 0 Å². The molecule has 1 fully saturated rings. The fourth-order valence-corrected chi connectivity index (χ4v) is 11.5. The lowest BCUT2D eigenvalue weighted by Gasteiger charge is -2.36. The molecule has 0 saturated heterocycles. The fraction of sp³-hybridized carbons (Fsp3) is 0.475. The topological polar surface area (TPSA) is 258 Å². The maximum absolute atomic E-state index is 15.6. The summed E-state index contributed by atoms with van der Waals surface area (Å²) in [7, 11) is 1.68. The predicted molar refractivity (Wildman–Crippen MR) is 283 cm³/mol. The second-order valence-corrected chi connectivity index (χ2v) is 21.5. The number of rotatable bonds is 25. The number of nitrogens with one attached hydrogen (secondary N) is 2. The number of fused-ring (bicyclic) bond motifs is 5. The first kappa shape index (κ1) is 56.2. The Balaban J connectivity index is 0.776. The van der Waals surface area contributed by atoms with Gasteiger partial charge in [-0.3, -0.25) is 48.1 Å². The van der Waals surface area contributed by atoms with Crippen molar-refractivity contribution in [2.24, 2.45) is 5.92 Å². The zero-order chi connectivity index (χ0) is 56.5. The largest absolute Gasteiger partial charge is 0.458 e. The molecule has 2 aliphatic carbocycles. The number of ether oxygens (including phenoxy) is 2. The Labute approximate surface area is 455 Å². The summed E-state index contributed by atoms with van der Waals surface area (Å²) in [6.07, 6.45) is 4.56. The third-order valence-electron chi connectivity index (χ3n) is 16.3. The lowest BCUT2D eigenvalue weighted by atomic mass is 9.81. The Bertz CT molecular complexity index is 3310. The number of hydrogen-bond acceptors (Lipinski definition) is 14. The molecule has 3 N–H and O–H groups in total. The molecule has 5 aliphatic rings. The third kappa shape index (κ3) is 11.4. The molecule has 4 aromatic rings. The van der Waals surface area contributed by atoms with E-state index in [0.717, 1.165) is 16.7 Å². The van der Waals surface area contributed by atoms with Crippen LogP contribution in [0.1, 0.15) is 136 Å². The Kier molecular flexibility index (Phi) is 16.4. The van der Waals surface area contributed by atoms with Crippen LogP contribution in [-0.2, 0) is 84.2 Å². The summed E-state index contributed by atoms with van der Waals surface area (Å²) in [4.78, 5) is 138. The molecular formula is C59H65FN6O13. The summed E-state index contributed by atoms with van der Waals surface area (Å²) in [5.41, 5.74) is 1.48. The van der Waals surface area contributed by atoms with Crippen molar-refractivity contribution < 1.29 is 62.1 Å². The molecule has 1 saturated carbocycles. The first-order chi connectivity index (χ1) is 37.7. The molecule has 0 unspecified atom stereocenters. The molecule has 416 valence electrons.